The van der Waals surface area contributed by atoms with Crippen molar-refractivity contribution in [1.82, 2.24) is 19.5 Å². The van der Waals surface area contributed by atoms with Crippen LogP contribution >= 0.6 is 0 Å². The molecule has 4 aromatic rings. The maximum Gasteiger partial charge on any atom is 0.156 e. The van der Waals surface area contributed by atoms with Crippen LogP contribution in [0.1, 0.15) is 64.0 Å². The number of nitrogens with two attached hydrogens (primary N) is 1. The van der Waals surface area contributed by atoms with Gasteiger partial charge in [-0.05, 0) is 100 Å². The maximum atomic E-state index is 8.08. The summed E-state index contributed by atoms with van der Waals surface area (Å²) < 4.78 is 2.31. The summed E-state index contributed by atoms with van der Waals surface area (Å²) in [6.45, 7) is 3.65. The molecule has 196 valence electrons. The summed E-state index contributed by atoms with van der Waals surface area (Å²) in [5.41, 5.74) is 9.47. The summed E-state index contributed by atoms with van der Waals surface area (Å²) in [5, 5.41) is 21.8. The van der Waals surface area contributed by atoms with Crippen LogP contribution in [0.5, 0.6) is 0 Å². The van der Waals surface area contributed by atoms with Gasteiger partial charge in [-0.1, -0.05) is 12.1 Å². The van der Waals surface area contributed by atoms with E-state index in [-0.39, 0.29) is 0 Å². The number of nitrogens with zero attached hydrogens (tertiary/aromatic N) is 4. The summed E-state index contributed by atoms with van der Waals surface area (Å²) in [6, 6.07) is 13.6. The highest BCUT2D eigenvalue weighted by Crippen LogP contribution is 2.39. The zero-order valence-corrected chi connectivity index (χ0v) is 21.8. The molecule has 2 aliphatic rings. The Morgan fingerprint density at radius 2 is 1.78 bits per heavy atom. The standard InChI is InChI=1S/C26H30N6.C3H8O2/c27-25-22-11-12-32(26(22)30-16-29-25)21-9-6-17(13-21)1-2-18-5-7-20-8-10-24(31-23(20)14-18)28-15-19-3-4-19;1-3(2,4)5/h5,7-8,10-12,14,16-17,19,21H,1-4,6,9,13,15H2,(H,28,31)(H2,27,29,30);4-5H,1-2H3. The smallest absolute Gasteiger partial charge is 0.156 e. The summed E-state index contributed by atoms with van der Waals surface area (Å²) in [6.07, 6.45) is 12.4. The van der Waals surface area contributed by atoms with Gasteiger partial charge in [0.25, 0.3) is 0 Å². The van der Waals surface area contributed by atoms with Gasteiger partial charge in [-0.25, -0.2) is 15.0 Å². The van der Waals surface area contributed by atoms with E-state index in [1.807, 2.05) is 6.07 Å². The average Bonchev–Trinajstić information content (AvgIpc) is 3.38. The van der Waals surface area contributed by atoms with Crippen LogP contribution in [0.3, 0.4) is 0 Å². The predicted octanol–water partition coefficient (Wildman–Crippen LogP) is 5.06. The molecule has 5 N–H and O–H groups in total. The third-order valence-electron chi connectivity index (χ3n) is 7.31. The highest BCUT2D eigenvalue weighted by molar-refractivity contribution is 5.86. The minimum atomic E-state index is -1.50. The Labute approximate surface area is 218 Å². The quantitative estimate of drug-likeness (QED) is 0.260. The SMILES string of the molecule is CC(C)(O)O.Nc1ncnc2c1ccn2C1CCC(CCc2ccc3ccc(NCC4CC4)nc3c2)C1. The van der Waals surface area contributed by atoms with Gasteiger partial charge in [-0.2, -0.15) is 0 Å². The van der Waals surface area contributed by atoms with Gasteiger partial charge in [0, 0.05) is 24.2 Å². The van der Waals surface area contributed by atoms with Crippen molar-refractivity contribution >= 4 is 33.6 Å². The van der Waals surface area contributed by atoms with E-state index in [2.05, 4.69) is 56.4 Å². The Balaban J connectivity index is 0.000000514. The van der Waals surface area contributed by atoms with Gasteiger partial charge < -0.3 is 25.8 Å². The molecule has 2 unspecified atom stereocenters. The zero-order valence-electron chi connectivity index (χ0n) is 21.8. The van der Waals surface area contributed by atoms with Gasteiger partial charge in [-0.3, -0.25) is 0 Å². The van der Waals surface area contributed by atoms with Crippen LogP contribution in [0.25, 0.3) is 21.9 Å². The van der Waals surface area contributed by atoms with E-state index in [0.29, 0.717) is 11.9 Å². The van der Waals surface area contributed by atoms with Gasteiger partial charge in [0.05, 0.1) is 10.9 Å². The van der Waals surface area contributed by atoms with Crippen molar-refractivity contribution in [2.24, 2.45) is 11.8 Å². The molecule has 0 aliphatic heterocycles. The molecular weight excluding hydrogens is 464 g/mol. The first-order chi connectivity index (χ1) is 17.7. The summed E-state index contributed by atoms with van der Waals surface area (Å²) in [4.78, 5) is 13.5. The average molecular weight is 503 g/mol. The lowest BCUT2D eigenvalue weighted by Gasteiger charge is -2.14. The molecule has 0 spiro atoms. The molecule has 1 aromatic carbocycles. The summed E-state index contributed by atoms with van der Waals surface area (Å²) >= 11 is 0. The molecule has 2 saturated carbocycles. The van der Waals surface area contributed by atoms with Crippen LogP contribution in [0.15, 0.2) is 48.9 Å². The molecular formula is C29H38N6O2. The van der Waals surface area contributed by atoms with E-state index in [4.69, 9.17) is 20.9 Å². The number of hydrogen-bond donors (Lipinski definition) is 4. The number of nitrogen functional groups attached to an aromatic ring is 1. The molecule has 3 heterocycles. The molecule has 2 fully saturated rings. The monoisotopic (exact) mass is 502 g/mol. The van der Waals surface area contributed by atoms with Crippen molar-refractivity contribution < 1.29 is 10.2 Å². The number of aryl methyl sites for hydroxylation is 1. The van der Waals surface area contributed by atoms with Crippen LogP contribution in [-0.2, 0) is 6.42 Å². The largest absolute Gasteiger partial charge is 0.383 e. The minimum Gasteiger partial charge on any atom is -0.383 e. The first-order valence-corrected chi connectivity index (χ1v) is 13.4. The van der Waals surface area contributed by atoms with Crippen molar-refractivity contribution in [1.29, 1.82) is 0 Å². The molecule has 2 aliphatic carbocycles. The number of aromatic nitrogens is 4. The molecule has 3 aromatic heterocycles. The normalized spacial score (nSPS) is 19.7. The first kappa shape index (κ1) is 25.4. The van der Waals surface area contributed by atoms with Crippen molar-refractivity contribution in [3.8, 4) is 0 Å². The fraction of sp³-hybridized carbons (Fsp3) is 0.483. The lowest BCUT2D eigenvalue weighted by Crippen LogP contribution is -2.15. The van der Waals surface area contributed by atoms with Gasteiger partial charge in [-0.15, -0.1) is 0 Å². The number of aliphatic hydroxyl groups is 2. The van der Waals surface area contributed by atoms with Crippen molar-refractivity contribution in [3.05, 3.63) is 54.5 Å². The Morgan fingerprint density at radius 1 is 1.03 bits per heavy atom. The Kier molecular flexibility index (Phi) is 7.31. The van der Waals surface area contributed by atoms with Crippen molar-refractivity contribution in [3.63, 3.8) is 0 Å². The van der Waals surface area contributed by atoms with Gasteiger partial charge >= 0.3 is 0 Å². The second kappa shape index (κ2) is 10.6. The summed E-state index contributed by atoms with van der Waals surface area (Å²) in [5.74, 6) is 1.66. The van der Waals surface area contributed by atoms with Crippen LogP contribution < -0.4 is 11.1 Å². The van der Waals surface area contributed by atoms with E-state index < -0.39 is 5.79 Å². The number of benzene rings is 1. The Morgan fingerprint density at radius 3 is 2.57 bits per heavy atom. The lowest BCUT2D eigenvalue weighted by atomic mass is 9.97. The fourth-order valence-electron chi connectivity index (χ4n) is 5.21. The number of rotatable bonds is 7. The highest BCUT2D eigenvalue weighted by atomic mass is 16.5. The number of anilines is 2. The van der Waals surface area contributed by atoms with Crippen molar-refractivity contribution in [2.45, 2.75) is 70.6 Å². The summed E-state index contributed by atoms with van der Waals surface area (Å²) in [7, 11) is 0. The van der Waals surface area contributed by atoms with E-state index in [1.54, 1.807) is 6.33 Å². The molecule has 37 heavy (non-hydrogen) atoms. The lowest BCUT2D eigenvalue weighted by molar-refractivity contribution is -0.127. The number of hydrogen-bond acceptors (Lipinski definition) is 7. The van der Waals surface area contributed by atoms with E-state index >= 15 is 0 Å². The first-order valence-electron chi connectivity index (χ1n) is 13.4. The van der Waals surface area contributed by atoms with E-state index in [1.165, 1.54) is 63.3 Å². The molecule has 2 atom stereocenters. The molecule has 6 rings (SSSR count). The van der Waals surface area contributed by atoms with Crippen LogP contribution in [0.4, 0.5) is 11.6 Å². The number of nitrogens with one attached hydrogen (secondary N) is 1. The van der Waals surface area contributed by atoms with E-state index in [0.717, 1.165) is 47.2 Å². The van der Waals surface area contributed by atoms with Crippen molar-refractivity contribution in [2.75, 3.05) is 17.6 Å². The Bertz CT molecular complexity index is 1350. The topological polar surface area (TPSA) is 122 Å². The highest BCUT2D eigenvalue weighted by Gasteiger charge is 2.27. The van der Waals surface area contributed by atoms with Crippen LogP contribution in [-0.4, -0.2) is 42.1 Å². The second-order valence-corrected chi connectivity index (χ2v) is 11.1. The number of pyridine rings is 1. The second-order valence-electron chi connectivity index (χ2n) is 11.1. The third-order valence-corrected chi connectivity index (χ3v) is 7.31. The van der Waals surface area contributed by atoms with Gasteiger partial charge in [0.2, 0.25) is 0 Å². The molecule has 8 heteroatoms. The van der Waals surface area contributed by atoms with Gasteiger partial charge in [0.15, 0.2) is 5.79 Å². The van der Waals surface area contributed by atoms with Crippen LogP contribution in [0, 0.1) is 11.8 Å². The maximum absolute atomic E-state index is 8.08. The molecule has 0 amide bonds. The van der Waals surface area contributed by atoms with Gasteiger partial charge in [0.1, 0.15) is 23.6 Å². The molecule has 0 radical (unpaired) electrons. The minimum absolute atomic E-state index is 0.505. The third kappa shape index (κ3) is 6.76. The molecule has 0 bridgehead atoms. The molecule has 8 nitrogen and oxygen atoms in total. The van der Waals surface area contributed by atoms with Crippen LogP contribution in [0.2, 0.25) is 0 Å². The fourth-order valence-corrected chi connectivity index (χ4v) is 5.21. The molecule has 0 saturated heterocycles. The predicted molar refractivity (Wildman–Crippen MR) is 148 cm³/mol. The zero-order chi connectivity index (χ0) is 26.0. The Hall–Kier alpha value is -3.23. The number of fused-ring (bicyclic) bond motifs is 2. The van der Waals surface area contributed by atoms with E-state index in [9.17, 15) is 0 Å².